The summed E-state index contributed by atoms with van der Waals surface area (Å²) >= 11 is 7.15. The van der Waals surface area contributed by atoms with Gasteiger partial charge in [0, 0.05) is 19.2 Å². The molecule has 1 atom stereocenters. The molecule has 0 amide bonds. The van der Waals surface area contributed by atoms with Crippen molar-refractivity contribution in [1.29, 1.82) is 0 Å². The van der Waals surface area contributed by atoms with Crippen LogP contribution < -0.4 is 5.32 Å². The van der Waals surface area contributed by atoms with Gasteiger partial charge in [-0.1, -0.05) is 23.4 Å². The summed E-state index contributed by atoms with van der Waals surface area (Å²) in [6, 6.07) is 0. The number of hydrogen-bond donors (Lipinski definition) is 1. The fraction of sp³-hybridized carbons (Fsp3) is 0.727. The Bertz CT molecular complexity index is 388. The normalized spacial score (nSPS) is 21.4. The topological polar surface area (TPSA) is 29.9 Å². The molecule has 1 aromatic heterocycles. The Balaban J connectivity index is 2.07. The van der Waals surface area contributed by atoms with Gasteiger partial charge in [0.05, 0.1) is 4.90 Å². The number of rotatable bonds is 3. The first-order chi connectivity index (χ1) is 7.99. The number of aryl methyl sites for hydroxylation is 1. The van der Waals surface area contributed by atoms with E-state index in [1.807, 2.05) is 0 Å². The fourth-order valence-electron chi connectivity index (χ4n) is 2.14. The monoisotopic (exact) mass is 277 g/mol. The molecule has 1 fully saturated rings. The van der Waals surface area contributed by atoms with Crippen molar-refractivity contribution in [2.45, 2.75) is 29.7 Å². The van der Waals surface area contributed by atoms with E-state index in [0.29, 0.717) is 5.15 Å². The largest absolute Gasteiger partial charge is 0.317 e. The molecule has 3 nitrogen and oxygen atoms in total. The van der Waals surface area contributed by atoms with Gasteiger partial charge >= 0.3 is 0 Å². The van der Waals surface area contributed by atoms with Crippen LogP contribution in [0.4, 0.5) is 4.39 Å². The third-order valence-electron chi connectivity index (χ3n) is 3.13. The summed E-state index contributed by atoms with van der Waals surface area (Å²) < 4.78 is 16.3. The lowest BCUT2D eigenvalue weighted by Crippen LogP contribution is -2.36. The molecule has 17 heavy (non-hydrogen) atoms. The second-order valence-electron chi connectivity index (χ2n) is 4.57. The number of piperidine rings is 1. The molecule has 2 rings (SSSR count). The first kappa shape index (κ1) is 13.2. The number of thioether (sulfide) groups is 1. The number of halogens is 2. The Labute approximate surface area is 110 Å². The molecule has 0 bridgehead atoms. The van der Waals surface area contributed by atoms with Crippen LogP contribution in [0.3, 0.4) is 0 Å². The van der Waals surface area contributed by atoms with Gasteiger partial charge in [0.2, 0.25) is 0 Å². The zero-order valence-electron chi connectivity index (χ0n) is 10.0. The van der Waals surface area contributed by atoms with Crippen molar-refractivity contribution in [3.8, 4) is 0 Å². The molecular weight excluding hydrogens is 261 g/mol. The van der Waals surface area contributed by atoms with Gasteiger partial charge in [-0.05, 0) is 32.9 Å². The molecule has 1 aromatic rings. The van der Waals surface area contributed by atoms with Crippen LogP contribution in [0, 0.1) is 5.92 Å². The van der Waals surface area contributed by atoms with Gasteiger partial charge in [-0.25, -0.2) is 4.39 Å². The minimum Gasteiger partial charge on any atom is -0.317 e. The van der Waals surface area contributed by atoms with Crippen LogP contribution in [0.15, 0.2) is 11.1 Å². The first-order valence-corrected chi connectivity index (χ1v) is 6.96. The minimum atomic E-state index is -1.28. The lowest BCUT2D eigenvalue weighted by Gasteiger charge is -2.32. The molecule has 96 valence electrons. The van der Waals surface area contributed by atoms with Crippen molar-refractivity contribution in [1.82, 2.24) is 15.1 Å². The van der Waals surface area contributed by atoms with Crippen molar-refractivity contribution in [3.05, 3.63) is 11.3 Å². The molecule has 1 aliphatic heterocycles. The molecule has 0 aromatic carbocycles. The van der Waals surface area contributed by atoms with Gasteiger partial charge in [0.25, 0.3) is 0 Å². The highest BCUT2D eigenvalue weighted by Gasteiger charge is 2.37. The van der Waals surface area contributed by atoms with Crippen molar-refractivity contribution in [3.63, 3.8) is 0 Å². The summed E-state index contributed by atoms with van der Waals surface area (Å²) in [6.45, 7) is 3.44. The summed E-state index contributed by atoms with van der Waals surface area (Å²) in [6.07, 6.45) is 3.52. The van der Waals surface area contributed by atoms with Gasteiger partial charge in [-0.15, -0.1) is 0 Å². The number of aromatic nitrogens is 2. The maximum absolute atomic E-state index is 14.7. The molecule has 1 aliphatic rings. The van der Waals surface area contributed by atoms with Gasteiger partial charge < -0.3 is 5.32 Å². The number of nitrogens with zero attached hydrogens (tertiary/aromatic N) is 2. The maximum Gasteiger partial charge on any atom is 0.164 e. The Morgan fingerprint density at radius 2 is 2.24 bits per heavy atom. The highest BCUT2D eigenvalue weighted by molar-refractivity contribution is 8.00. The minimum absolute atomic E-state index is 0.0741. The second kappa shape index (κ2) is 5.16. The summed E-state index contributed by atoms with van der Waals surface area (Å²) in [4.78, 5) is 0.720. The molecule has 0 spiro atoms. The van der Waals surface area contributed by atoms with Crippen LogP contribution in [-0.4, -0.2) is 27.9 Å². The lowest BCUT2D eigenvalue weighted by molar-refractivity contribution is 0.172. The molecule has 6 heteroatoms. The number of alkyl halides is 1. The van der Waals surface area contributed by atoms with Gasteiger partial charge in [0.1, 0.15) is 0 Å². The highest BCUT2D eigenvalue weighted by atomic mass is 35.5. The van der Waals surface area contributed by atoms with Gasteiger partial charge in [0.15, 0.2) is 10.2 Å². The van der Waals surface area contributed by atoms with E-state index in [-0.39, 0.29) is 5.92 Å². The van der Waals surface area contributed by atoms with E-state index in [9.17, 15) is 4.39 Å². The Morgan fingerprint density at radius 3 is 2.76 bits per heavy atom. The van der Waals surface area contributed by atoms with Gasteiger partial charge in [-0.3, -0.25) is 4.68 Å². The lowest BCUT2D eigenvalue weighted by atomic mass is 9.93. The molecule has 0 aliphatic carbocycles. The van der Waals surface area contributed by atoms with Crippen LogP contribution >= 0.6 is 23.4 Å². The zero-order chi connectivity index (χ0) is 12.5. The third kappa shape index (κ3) is 3.14. The molecule has 0 radical (unpaired) electrons. The van der Waals surface area contributed by atoms with Crippen LogP contribution in [0.5, 0.6) is 0 Å². The first-order valence-electron chi connectivity index (χ1n) is 5.77. The average Bonchev–Trinajstić information content (AvgIpc) is 2.58. The van der Waals surface area contributed by atoms with E-state index in [4.69, 9.17) is 11.6 Å². The van der Waals surface area contributed by atoms with E-state index in [2.05, 4.69) is 10.4 Å². The zero-order valence-corrected chi connectivity index (χ0v) is 11.6. The predicted molar refractivity (Wildman–Crippen MR) is 69.2 cm³/mol. The highest BCUT2D eigenvalue weighted by Crippen LogP contribution is 2.44. The van der Waals surface area contributed by atoms with Crippen LogP contribution in [0.25, 0.3) is 0 Å². The standard InChI is InChI=1S/C11H17ClFN3S/c1-11(13,8-3-5-14-6-4-8)17-9-7-16(2)15-10(9)12/h7-8,14H,3-6H2,1-2H3. The summed E-state index contributed by atoms with van der Waals surface area (Å²) in [5.74, 6) is 0.0741. The summed E-state index contributed by atoms with van der Waals surface area (Å²) in [7, 11) is 1.79. The van der Waals surface area contributed by atoms with E-state index in [1.165, 1.54) is 11.8 Å². The van der Waals surface area contributed by atoms with Crippen molar-refractivity contribution in [2.24, 2.45) is 13.0 Å². The molecular formula is C11H17ClFN3S. The van der Waals surface area contributed by atoms with Crippen molar-refractivity contribution in [2.75, 3.05) is 13.1 Å². The second-order valence-corrected chi connectivity index (χ2v) is 6.37. The number of nitrogens with one attached hydrogen (secondary N) is 1. The van der Waals surface area contributed by atoms with Crippen molar-refractivity contribution < 1.29 is 4.39 Å². The molecule has 0 saturated carbocycles. The summed E-state index contributed by atoms with van der Waals surface area (Å²) in [5.41, 5.74) is 0. The van der Waals surface area contributed by atoms with E-state index in [0.717, 1.165) is 30.8 Å². The van der Waals surface area contributed by atoms with E-state index in [1.54, 1.807) is 24.9 Å². The Hall–Kier alpha value is -0.260. The molecule has 1 N–H and O–H groups in total. The maximum atomic E-state index is 14.7. The van der Waals surface area contributed by atoms with Crippen LogP contribution in [0.2, 0.25) is 5.15 Å². The SMILES string of the molecule is Cn1cc(SC(C)(F)C2CCNCC2)c(Cl)n1. The van der Waals surface area contributed by atoms with Crippen LogP contribution in [-0.2, 0) is 7.05 Å². The molecule has 1 unspecified atom stereocenters. The van der Waals surface area contributed by atoms with Crippen molar-refractivity contribution >= 4 is 23.4 Å². The smallest absolute Gasteiger partial charge is 0.164 e. The third-order valence-corrected chi connectivity index (χ3v) is 4.77. The fourth-order valence-corrected chi connectivity index (χ4v) is 3.59. The van der Waals surface area contributed by atoms with E-state index < -0.39 is 5.00 Å². The quantitative estimate of drug-likeness (QED) is 0.862. The van der Waals surface area contributed by atoms with Crippen LogP contribution in [0.1, 0.15) is 19.8 Å². The Morgan fingerprint density at radius 1 is 1.59 bits per heavy atom. The number of hydrogen-bond acceptors (Lipinski definition) is 3. The summed E-state index contributed by atoms with van der Waals surface area (Å²) in [5, 5.41) is 6.37. The Kier molecular flexibility index (Phi) is 4.00. The molecule has 2 heterocycles. The van der Waals surface area contributed by atoms with E-state index >= 15 is 0 Å². The molecule has 1 saturated heterocycles. The predicted octanol–water partition coefficient (Wildman–Crippen LogP) is 2.85. The average molecular weight is 278 g/mol. The van der Waals surface area contributed by atoms with Gasteiger partial charge in [-0.2, -0.15) is 5.10 Å².